The number of hydrogen-bond donors (Lipinski definition) is 2. The molecule has 2 N–H and O–H groups in total. The van der Waals surface area contributed by atoms with Gasteiger partial charge in [0.1, 0.15) is 0 Å². The maximum Gasteiger partial charge on any atom is 0.321 e. The maximum atomic E-state index is 11.7. The van der Waals surface area contributed by atoms with E-state index in [0.29, 0.717) is 6.54 Å². The second-order valence-corrected chi connectivity index (χ2v) is 4.74. The molecule has 7 heteroatoms. The average Bonchev–Trinajstić information content (AvgIpc) is 2.87. The number of carbonyl (C=O) groups is 1. The third-order valence-electron chi connectivity index (χ3n) is 2.48. The number of H-pyrrole nitrogens is 1. The topological polar surface area (TPSA) is 88.0 Å². The summed E-state index contributed by atoms with van der Waals surface area (Å²) in [7, 11) is 0. The lowest BCUT2D eigenvalue weighted by molar-refractivity contribution is -0.389. The van der Waals surface area contributed by atoms with Crippen molar-refractivity contribution >= 4 is 27.7 Å². The first-order valence-corrected chi connectivity index (χ1v) is 6.21. The van der Waals surface area contributed by atoms with Gasteiger partial charge in [-0.2, -0.15) is 0 Å². The Kier molecular flexibility index (Phi) is 3.96. The SMILES string of the molecule is O=C(NCc1ccc(Br)cc1)c1ccc([N+](=O)[O-])[nH]1. The summed E-state index contributed by atoms with van der Waals surface area (Å²) in [5.74, 6) is -0.579. The lowest BCUT2D eigenvalue weighted by Crippen LogP contribution is -2.23. The van der Waals surface area contributed by atoms with E-state index in [0.717, 1.165) is 10.0 Å². The summed E-state index contributed by atoms with van der Waals surface area (Å²) in [6, 6.07) is 10.1. The number of amides is 1. The van der Waals surface area contributed by atoms with Gasteiger partial charge in [0, 0.05) is 17.1 Å². The second kappa shape index (κ2) is 5.66. The number of carbonyl (C=O) groups excluding carboxylic acids is 1. The van der Waals surface area contributed by atoms with E-state index >= 15 is 0 Å². The van der Waals surface area contributed by atoms with Gasteiger partial charge in [0.2, 0.25) is 0 Å². The number of aromatic amines is 1. The fraction of sp³-hybridized carbons (Fsp3) is 0.0833. The van der Waals surface area contributed by atoms with Crippen LogP contribution in [0.5, 0.6) is 0 Å². The highest BCUT2D eigenvalue weighted by Crippen LogP contribution is 2.11. The molecule has 1 heterocycles. The van der Waals surface area contributed by atoms with Crippen molar-refractivity contribution in [1.29, 1.82) is 0 Å². The molecule has 0 bridgehead atoms. The Labute approximate surface area is 117 Å². The number of nitrogens with one attached hydrogen (secondary N) is 2. The molecule has 0 saturated heterocycles. The van der Waals surface area contributed by atoms with Crippen molar-refractivity contribution in [3.63, 3.8) is 0 Å². The first kappa shape index (κ1) is 13.3. The zero-order chi connectivity index (χ0) is 13.8. The highest BCUT2D eigenvalue weighted by atomic mass is 79.9. The average molecular weight is 324 g/mol. The van der Waals surface area contributed by atoms with Gasteiger partial charge in [-0.3, -0.25) is 4.79 Å². The van der Waals surface area contributed by atoms with E-state index in [1.807, 2.05) is 24.3 Å². The summed E-state index contributed by atoms with van der Waals surface area (Å²) in [5.41, 5.74) is 1.11. The van der Waals surface area contributed by atoms with Gasteiger partial charge in [-0.1, -0.05) is 28.1 Å². The van der Waals surface area contributed by atoms with Crippen LogP contribution in [0.15, 0.2) is 40.9 Å². The molecular weight excluding hydrogens is 314 g/mol. The minimum atomic E-state index is -0.578. The Morgan fingerprint density at radius 1 is 1.26 bits per heavy atom. The van der Waals surface area contributed by atoms with Crippen LogP contribution in [0, 0.1) is 10.1 Å². The number of aromatic nitrogens is 1. The summed E-state index contributed by atoms with van der Waals surface area (Å²) in [4.78, 5) is 24.1. The van der Waals surface area contributed by atoms with E-state index < -0.39 is 4.92 Å². The van der Waals surface area contributed by atoms with Gasteiger partial charge in [-0.25, -0.2) is 4.98 Å². The Bertz CT molecular complexity index is 607. The molecule has 0 aliphatic heterocycles. The van der Waals surface area contributed by atoms with Crippen LogP contribution in [0.2, 0.25) is 0 Å². The van der Waals surface area contributed by atoms with Gasteiger partial charge in [0.15, 0.2) is 5.69 Å². The van der Waals surface area contributed by atoms with Gasteiger partial charge in [0.25, 0.3) is 5.91 Å². The molecular formula is C12H10BrN3O3. The van der Waals surface area contributed by atoms with Crippen molar-refractivity contribution in [2.75, 3.05) is 0 Å². The van der Waals surface area contributed by atoms with Crippen molar-refractivity contribution < 1.29 is 9.72 Å². The minimum absolute atomic E-state index is 0.170. The van der Waals surface area contributed by atoms with Crippen molar-refractivity contribution in [3.05, 3.63) is 62.2 Å². The van der Waals surface area contributed by atoms with Crippen LogP contribution in [0.3, 0.4) is 0 Å². The van der Waals surface area contributed by atoms with E-state index in [1.54, 1.807) is 0 Å². The van der Waals surface area contributed by atoms with Crippen molar-refractivity contribution in [3.8, 4) is 0 Å². The van der Waals surface area contributed by atoms with Crippen LogP contribution < -0.4 is 5.32 Å². The molecule has 0 aliphatic carbocycles. The first-order chi connectivity index (χ1) is 9.06. The molecule has 0 aliphatic rings. The monoisotopic (exact) mass is 323 g/mol. The highest BCUT2D eigenvalue weighted by Gasteiger charge is 2.14. The zero-order valence-corrected chi connectivity index (χ0v) is 11.3. The molecule has 0 spiro atoms. The quantitative estimate of drug-likeness (QED) is 0.669. The molecule has 98 valence electrons. The van der Waals surface area contributed by atoms with E-state index in [9.17, 15) is 14.9 Å². The highest BCUT2D eigenvalue weighted by molar-refractivity contribution is 9.10. The molecule has 2 aromatic rings. The van der Waals surface area contributed by atoms with Crippen LogP contribution in [0.25, 0.3) is 0 Å². The number of rotatable bonds is 4. The molecule has 1 aromatic heterocycles. The predicted molar refractivity (Wildman–Crippen MR) is 72.8 cm³/mol. The van der Waals surface area contributed by atoms with E-state index in [1.165, 1.54) is 12.1 Å². The van der Waals surface area contributed by atoms with Gasteiger partial charge in [0.05, 0.1) is 0 Å². The summed E-state index contributed by atoms with van der Waals surface area (Å²) >= 11 is 3.32. The molecule has 0 radical (unpaired) electrons. The summed E-state index contributed by atoms with van der Waals surface area (Å²) in [6.07, 6.45) is 0. The standard InChI is InChI=1S/C12H10BrN3O3/c13-9-3-1-8(2-4-9)7-14-12(17)10-5-6-11(15-10)16(18)19/h1-6,15H,7H2,(H,14,17). The van der Waals surface area contributed by atoms with Crippen molar-refractivity contribution in [2.24, 2.45) is 0 Å². The Balaban J connectivity index is 1.97. The molecule has 1 amide bonds. The molecule has 0 unspecified atom stereocenters. The Morgan fingerprint density at radius 3 is 2.53 bits per heavy atom. The van der Waals surface area contributed by atoms with E-state index in [4.69, 9.17) is 0 Å². The molecule has 0 saturated carbocycles. The van der Waals surface area contributed by atoms with Crippen LogP contribution in [0.4, 0.5) is 5.82 Å². The largest absolute Gasteiger partial charge is 0.358 e. The van der Waals surface area contributed by atoms with Gasteiger partial charge in [-0.15, -0.1) is 0 Å². The number of nitro groups is 1. The lowest BCUT2D eigenvalue weighted by Gasteiger charge is -2.02. The molecule has 2 rings (SSSR count). The third kappa shape index (κ3) is 3.41. The van der Waals surface area contributed by atoms with Gasteiger partial charge in [-0.05, 0) is 28.7 Å². The predicted octanol–water partition coefficient (Wildman–Crippen LogP) is 2.62. The van der Waals surface area contributed by atoms with Crippen LogP contribution in [0.1, 0.15) is 16.1 Å². The smallest absolute Gasteiger partial charge is 0.321 e. The fourth-order valence-electron chi connectivity index (χ4n) is 1.50. The number of benzene rings is 1. The van der Waals surface area contributed by atoms with Gasteiger partial charge >= 0.3 is 5.82 Å². The second-order valence-electron chi connectivity index (χ2n) is 3.82. The maximum absolute atomic E-state index is 11.7. The van der Waals surface area contributed by atoms with Crippen LogP contribution >= 0.6 is 15.9 Å². The van der Waals surface area contributed by atoms with Gasteiger partial charge < -0.3 is 15.4 Å². The van der Waals surface area contributed by atoms with E-state index in [-0.39, 0.29) is 17.4 Å². The van der Waals surface area contributed by atoms with Crippen LogP contribution in [-0.2, 0) is 6.54 Å². The van der Waals surface area contributed by atoms with Crippen molar-refractivity contribution in [1.82, 2.24) is 10.3 Å². The summed E-state index contributed by atoms with van der Waals surface area (Å²) < 4.78 is 0.961. The number of halogens is 1. The van der Waals surface area contributed by atoms with E-state index in [2.05, 4.69) is 26.2 Å². The first-order valence-electron chi connectivity index (χ1n) is 5.42. The normalized spacial score (nSPS) is 10.2. The summed E-state index contributed by atoms with van der Waals surface area (Å²) in [5, 5.41) is 13.2. The van der Waals surface area contributed by atoms with Crippen LogP contribution in [-0.4, -0.2) is 15.8 Å². The Morgan fingerprint density at radius 2 is 1.95 bits per heavy atom. The Hall–Kier alpha value is -2.15. The molecule has 6 nitrogen and oxygen atoms in total. The molecule has 0 atom stereocenters. The minimum Gasteiger partial charge on any atom is -0.358 e. The summed E-state index contributed by atoms with van der Waals surface area (Å²) in [6.45, 7) is 0.360. The number of hydrogen-bond acceptors (Lipinski definition) is 3. The number of nitrogens with zero attached hydrogens (tertiary/aromatic N) is 1. The molecule has 19 heavy (non-hydrogen) atoms. The fourth-order valence-corrected chi connectivity index (χ4v) is 1.77. The molecule has 0 fully saturated rings. The van der Waals surface area contributed by atoms with Crippen molar-refractivity contribution in [2.45, 2.75) is 6.54 Å². The third-order valence-corrected chi connectivity index (χ3v) is 3.01. The zero-order valence-electron chi connectivity index (χ0n) is 9.72. The molecule has 1 aromatic carbocycles. The lowest BCUT2D eigenvalue weighted by atomic mass is 10.2.